The van der Waals surface area contributed by atoms with Gasteiger partial charge < -0.3 is 10.1 Å². The van der Waals surface area contributed by atoms with Crippen LogP contribution in [-0.4, -0.2) is 15.9 Å². The van der Waals surface area contributed by atoms with Crippen molar-refractivity contribution in [2.24, 2.45) is 5.73 Å². The van der Waals surface area contributed by atoms with E-state index in [1.54, 1.807) is 11.3 Å². The minimum Gasteiger partial charge on any atom is -0.330 e. The minimum absolute atomic E-state index is 0.640. The Morgan fingerprint density at radius 2 is 2.18 bits per heavy atom. The van der Waals surface area contributed by atoms with Gasteiger partial charge in [-0.05, 0) is 30.1 Å². The maximum atomic E-state index is 5.70. The zero-order valence-electron chi connectivity index (χ0n) is 9.34. The molecular weight excluding hydrogens is 230 g/mol. The monoisotopic (exact) mass is 243 g/mol. The number of aromatic nitrogens is 2. The fourth-order valence-corrected chi connectivity index (χ4v) is 2.77. The number of nitrogens with zero attached hydrogens (tertiary/aromatic N) is 2. The zero-order chi connectivity index (χ0) is 11.7. The lowest BCUT2D eigenvalue weighted by molar-refractivity contribution is 0.907. The Balaban J connectivity index is 2.26. The van der Waals surface area contributed by atoms with Crippen molar-refractivity contribution < 1.29 is 0 Å². The summed E-state index contributed by atoms with van der Waals surface area (Å²) in [5, 5.41) is 2.07. The normalized spacial score (nSPS) is 11.1. The van der Waals surface area contributed by atoms with E-state index in [4.69, 9.17) is 10.7 Å². The number of thiophene rings is 1. The van der Waals surface area contributed by atoms with E-state index in [9.17, 15) is 0 Å². The second-order valence-electron chi connectivity index (χ2n) is 3.85. The molecule has 0 fully saturated rings. The molecule has 3 aromatic heterocycles. The van der Waals surface area contributed by atoms with Gasteiger partial charge in [-0.2, -0.15) is 0 Å². The molecule has 3 heterocycles. The molecule has 0 saturated heterocycles. The van der Waals surface area contributed by atoms with E-state index in [-0.39, 0.29) is 0 Å². The molecule has 0 saturated carbocycles. The summed E-state index contributed by atoms with van der Waals surface area (Å²) in [4.78, 5) is 5.90. The van der Waals surface area contributed by atoms with Crippen molar-refractivity contribution in [2.45, 2.75) is 6.42 Å². The van der Waals surface area contributed by atoms with Crippen LogP contribution in [0.4, 0.5) is 0 Å². The molecular formula is C13H13N3S. The van der Waals surface area contributed by atoms with Gasteiger partial charge in [-0.25, -0.2) is 4.98 Å². The molecule has 0 aliphatic heterocycles. The summed E-state index contributed by atoms with van der Waals surface area (Å²) in [6, 6.07) is 10.2. The Kier molecular flexibility index (Phi) is 2.66. The van der Waals surface area contributed by atoms with Crippen LogP contribution in [0.15, 0.2) is 41.9 Å². The third-order valence-electron chi connectivity index (χ3n) is 2.76. The molecule has 0 aliphatic rings. The van der Waals surface area contributed by atoms with E-state index in [0.717, 1.165) is 17.8 Å². The van der Waals surface area contributed by atoms with Crippen LogP contribution in [0, 0.1) is 0 Å². The van der Waals surface area contributed by atoms with E-state index in [1.165, 1.54) is 10.6 Å². The number of pyridine rings is 1. The van der Waals surface area contributed by atoms with Crippen molar-refractivity contribution in [2.75, 3.05) is 6.54 Å². The Hall–Kier alpha value is -1.65. The van der Waals surface area contributed by atoms with Crippen LogP contribution >= 0.6 is 11.3 Å². The molecule has 3 nitrogen and oxygen atoms in total. The van der Waals surface area contributed by atoms with Gasteiger partial charge in [-0.3, -0.25) is 0 Å². The van der Waals surface area contributed by atoms with Gasteiger partial charge in [0.1, 0.15) is 11.3 Å². The van der Waals surface area contributed by atoms with Crippen molar-refractivity contribution in [3.8, 4) is 10.6 Å². The predicted octanol–water partition coefficient (Wildman–Crippen LogP) is 2.56. The maximum Gasteiger partial charge on any atom is 0.137 e. The standard InChI is InChI=1S/C13H13N3S/c14-7-6-10-13(11-4-3-9-17-11)15-12-5-1-2-8-16(10)12/h1-5,8-9H,6-7,14H2. The van der Waals surface area contributed by atoms with E-state index in [1.807, 2.05) is 24.4 Å². The molecule has 0 radical (unpaired) electrons. The lowest BCUT2D eigenvalue weighted by atomic mass is 10.2. The molecule has 0 amide bonds. The first-order valence-electron chi connectivity index (χ1n) is 5.60. The third kappa shape index (κ3) is 1.75. The topological polar surface area (TPSA) is 43.3 Å². The highest BCUT2D eigenvalue weighted by molar-refractivity contribution is 7.13. The molecule has 3 rings (SSSR count). The molecule has 86 valence electrons. The fraction of sp³-hybridized carbons (Fsp3) is 0.154. The molecule has 4 heteroatoms. The summed E-state index contributed by atoms with van der Waals surface area (Å²) in [7, 11) is 0. The third-order valence-corrected chi connectivity index (χ3v) is 3.64. The number of hydrogen-bond donors (Lipinski definition) is 1. The highest BCUT2D eigenvalue weighted by Crippen LogP contribution is 2.28. The smallest absolute Gasteiger partial charge is 0.137 e. The Morgan fingerprint density at radius 3 is 2.94 bits per heavy atom. The van der Waals surface area contributed by atoms with Gasteiger partial charge >= 0.3 is 0 Å². The summed E-state index contributed by atoms with van der Waals surface area (Å²) in [5.74, 6) is 0. The molecule has 0 unspecified atom stereocenters. The van der Waals surface area contributed by atoms with Crippen LogP contribution in [0.5, 0.6) is 0 Å². The maximum absolute atomic E-state index is 5.70. The lowest BCUT2D eigenvalue weighted by Crippen LogP contribution is -2.05. The molecule has 2 N–H and O–H groups in total. The number of fused-ring (bicyclic) bond motifs is 1. The summed E-state index contributed by atoms with van der Waals surface area (Å²) in [6.45, 7) is 0.640. The first kappa shape index (κ1) is 10.5. The first-order chi connectivity index (χ1) is 8.40. The van der Waals surface area contributed by atoms with Gasteiger partial charge in [0.2, 0.25) is 0 Å². The minimum atomic E-state index is 0.640. The molecule has 17 heavy (non-hydrogen) atoms. The fourth-order valence-electron chi connectivity index (χ4n) is 2.03. The second-order valence-corrected chi connectivity index (χ2v) is 4.80. The van der Waals surface area contributed by atoms with Crippen LogP contribution in [0.3, 0.4) is 0 Å². The van der Waals surface area contributed by atoms with E-state index < -0.39 is 0 Å². The van der Waals surface area contributed by atoms with E-state index in [2.05, 4.69) is 21.9 Å². The number of hydrogen-bond acceptors (Lipinski definition) is 3. The van der Waals surface area contributed by atoms with Gasteiger partial charge in [0.05, 0.1) is 10.6 Å². The average molecular weight is 243 g/mol. The van der Waals surface area contributed by atoms with Gasteiger partial charge in [0.25, 0.3) is 0 Å². The van der Waals surface area contributed by atoms with Crippen molar-refractivity contribution in [3.63, 3.8) is 0 Å². The summed E-state index contributed by atoms with van der Waals surface area (Å²) in [5.41, 5.74) is 8.95. The molecule has 0 bridgehead atoms. The van der Waals surface area contributed by atoms with Crippen LogP contribution in [-0.2, 0) is 6.42 Å². The van der Waals surface area contributed by atoms with Crippen LogP contribution < -0.4 is 5.73 Å². The Bertz CT molecular complexity index is 625. The predicted molar refractivity (Wildman–Crippen MR) is 71.3 cm³/mol. The summed E-state index contributed by atoms with van der Waals surface area (Å²) < 4.78 is 2.13. The van der Waals surface area contributed by atoms with Crippen molar-refractivity contribution in [3.05, 3.63) is 47.6 Å². The van der Waals surface area contributed by atoms with Crippen molar-refractivity contribution in [1.29, 1.82) is 0 Å². The zero-order valence-corrected chi connectivity index (χ0v) is 10.2. The number of rotatable bonds is 3. The number of imidazole rings is 1. The van der Waals surface area contributed by atoms with Gasteiger partial charge in [-0.1, -0.05) is 12.1 Å². The first-order valence-corrected chi connectivity index (χ1v) is 6.48. The van der Waals surface area contributed by atoms with Crippen LogP contribution in [0.2, 0.25) is 0 Å². The average Bonchev–Trinajstić information content (AvgIpc) is 2.97. The highest BCUT2D eigenvalue weighted by Gasteiger charge is 2.13. The number of nitrogens with two attached hydrogens (primary N) is 1. The van der Waals surface area contributed by atoms with E-state index >= 15 is 0 Å². The molecule has 0 atom stereocenters. The quantitative estimate of drug-likeness (QED) is 0.768. The van der Waals surface area contributed by atoms with Gasteiger partial charge in [0, 0.05) is 12.6 Å². The second kappa shape index (κ2) is 4.31. The van der Waals surface area contributed by atoms with Crippen molar-refractivity contribution in [1.82, 2.24) is 9.38 Å². The van der Waals surface area contributed by atoms with Gasteiger partial charge in [-0.15, -0.1) is 11.3 Å². The molecule has 0 aliphatic carbocycles. The molecule has 0 aromatic carbocycles. The van der Waals surface area contributed by atoms with Gasteiger partial charge in [0.15, 0.2) is 0 Å². The molecule has 3 aromatic rings. The SMILES string of the molecule is NCCc1c(-c2cccs2)nc2ccccn12. The van der Waals surface area contributed by atoms with Crippen molar-refractivity contribution >= 4 is 17.0 Å². The largest absolute Gasteiger partial charge is 0.330 e. The Morgan fingerprint density at radius 1 is 1.24 bits per heavy atom. The van der Waals surface area contributed by atoms with E-state index in [0.29, 0.717) is 6.54 Å². The summed E-state index contributed by atoms with van der Waals surface area (Å²) >= 11 is 1.71. The summed E-state index contributed by atoms with van der Waals surface area (Å²) in [6.07, 6.45) is 2.89. The molecule has 0 spiro atoms. The highest BCUT2D eigenvalue weighted by atomic mass is 32.1. The van der Waals surface area contributed by atoms with Crippen LogP contribution in [0.25, 0.3) is 16.2 Å². The van der Waals surface area contributed by atoms with Crippen LogP contribution in [0.1, 0.15) is 5.69 Å². The Labute approximate surface area is 104 Å². The lowest BCUT2D eigenvalue weighted by Gasteiger charge is -2.01.